The van der Waals surface area contributed by atoms with Gasteiger partial charge in [0.1, 0.15) is 17.2 Å². The molecule has 43 heavy (non-hydrogen) atoms. The van der Waals surface area contributed by atoms with E-state index in [2.05, 4.69) is 20.8 Å². The molecule has 3 N–H and O–H groups in total. The SMILES string of the molecule is CC(C)(C)OC(=O)B1CCC(NC(=O)COc2cccc(-c3nc(Nc4ccc5[nH]ncc5c4)c4ccccc4n3)c2)C1. The van der Waals surface area contributed by atoms with E-state index in [1.165, 1.54) is 0 Å². The molecule has 0 aliphatic carbocycles. The van der Waals surface area contributed by atoms with Gasteiger partial charge in [-0.05, 0) is 76.0 Å². The number of hydrogen-bond acceptors (Lipinski definition) is 8. The third-order valence-electron chi connectivity index (χ3n) is 7.31. The highest BCUT2D eigenvalue weighted by Gasteiger charge is 2.37. The van der Waals surface area contributed by atoms with E-state index in [-0.39, 0.29) is 31.1 Å². The van der Waals surface area contributed by atoms with Crippen molar-refractivity contribution in [2.75, 3.05) is 11.9 Å². The number of anilines is 2. The van der Waals surface area contributed by atoms with Crippen molar-refractivity contribution < 1.29 is 19.1 Å². The second kappa shape index (κ2) is 11.8. The number of nitrogens with zero attached hydrogens (tertiary/aromatic N) is 3. The van der Waals surface area contributed by atoms with E-state index in [1.807, 2.05) is 81.4 Å². The number of aromatic amines is 1. The minimum atomic E-state index is -0.522. The fourth-order valence-corrected chi connectivity index (χ4v) is 5.31. The first-order valence-corrected chi connectivity index (χ1v) is 14.4. The number of fused-ring (bicyclic) bond motifs is 2. The van der Waals surface area contributed by atoms with E-state index in [0.717, 1.165) is 39.5 Å². The number of hydrogen-bond donors (Lipinski definition) is 3. The Bertz CT molecular complexity index is 1800. The Labute approximate surface area is 249 Å². The van der Waals surface area contributed by atoms with E-state index < -0.39 is 5.60 Å². The van der Waals surface area contributed by atoms with Gasteiger partial charge in [0.25, 0.3) is 18.5 Å². The van der Waals surface area contributed by atoms with Crippen molar-refractivity contribution in [1.82, 2.24) is 25.5 Å². The Balaban J connectivity index is 1.13. The highest BCUT2D eigenvalue weighted by molar-refractivity contribution is 6.89. The van der Waals surface area contributed by atoms with Gasteiger partial charge in [0.2, 0.25) is 0 Å². The molecule has 1 fully saturated rings. The van der Waals surface area contributed by atoms with E-state index in [4.69, 9.17) is 19.4 Å². The molecule has 1 aliphatic rings. The summed E-state index contributed by atoms with van der Waals surface area (Å²) in [7, 11) is 0. The topological polar surface area (TPSA) is 131 Å². The van der Waals surface area contributed by atoms with Crippen LogP contribution in [0, 0.1) is 0 Å². The summed E-state index contributed by atoms with van der Waals surface area (Å²) in [5.41, 5.74) is 2.87. The summed E-state index contributed by atoms with van der Waals surface area (Å²) in [5, 5.41) is 15.4. The summed E-state index contributed by atoms with van der Waals surface area (Å²) in [6, 6.07) is 21.1. The van der Waals surface area contributed by atoms with Gasteiger partial charge < -0.3 is 20.1 Å². The number of amides is 1. The second-order valence-corrected chi connectivity index (χ2v) is 11.8. The summed E-state index contributed by atoms with van der Waals surface area (Å²) in [6.45, 7) is 5.24. The van der Waals surface area contributed by atoms with E-state index in [0.29, 0.717) is 30.0 Å². The average Bonchev–Trinajstić information content (AvgIpc) is 3.65. The molecule has 0 spiro atoms. The zero-order chi connectivity index (χ0) is 30.0. The van der Waals surface area contributed by atoms with Crippen molar-refractivity contribution in [1.29, 1.82) is 0 Å². The predicted molar refractivity (Wildman–Crippen MR) is 168 cm³/mol. The molecular formula is C32H33BN6O4. The molecule has 0 radical (unpaired) electrons. The largest absolute Gasteiger partial charge is 0.484 e. The Hall–Kier alpha value is -4.93. The minimum absolute atomic E-state index is 0.0777. The Morgan fingerprint density at radius 3 is 2.77 bits per heavy atom. The maximum absolute atomic E-state index is 12.7. The molecular weight excluding hydrogens is 543 g/mol. The molecule has 10 nitrogen and oxygen atoms in total. The fourth-order valence-electron chi connectivity index (χ4n) is 5.31. The number of H-pyrrole nitrogens is 1. The molecule has 0 bridgehead atoms. The quantitative estimate of drug-likeness (QED) is 0.186. The van der Waals surface area contributed by atoms with Crippen LogP contribution in [0.25, 0.3) is 33.2 Å². The molecule has 5 aromatic rings. The van der Waals surface area contributed by atoms with Crippen LogP contribution in [0.2, 0.25) is 12.6 Å². The smallest absolute Gasteiger partial charge is 0.280 e. The predicted octanol–water partition coefficient (Wildman–Crippen LogP) is 6.20. The molecule has 2 aromatic heterocycles. The molecule has 6 rings (SSSR count). The minimum Gasteiger partial charge on any atom is -0.484 e. The molecule has 0 saturated carbocycles. The van der Waals surface area contributed by atoms with Gasteiger partial charge in [-0.3, -0.25) is 14.7 Å². The van der Waals surface area contributed by atoms with Crippen LogP contribution in [0.1, 0.15) is 27.2 Å². The monoisotopic (exact) mass is 576 g/mol. The van der Waals surface area contributed by atoms with Crippen LogP contribution in [0.4, 0.5) is 16.3 Å². The molecule has 1 aliphatic heterocycles. The van der Waals surface area contributed by atoms with Crippen molar-refractivity contribution in [2.24, 2.45) is 0 Å². The average molecular weight is 576 g/mol. The summed E-state index contributed by atoms with van der Waals surface area (Å²) in [5.74, 6) is 1.30. The maximum atomic E-state index is 12.7. The third kappa shape index (κ3) is 6.77. The molecule has 1 amide bonds. The van der Waals surface area contributed by atoms with Crippen LogP contribution in [-0.4, -0.2) is 56.9 Å². The lowest BCUT2D eigenvalue weighted by atomic mass is 9.48. The Morgan fingerprint density at radius 1 is 1.05 bits per heavy atom. The van der Waals surface area contributed by atoms with Crippen molar-refractivity contribution >= 4 is 51.8 Å². The molecule has 1 atom stereocenters. The maximum Gasteiger partial charge on any atom is 0.280 e. The van der Waals surface area contributed by atoms with Gasteiger partial charge in [-0.25, -0.2) is 9.97 Å². The van der Waals surface area contributed by atoms with Crippen LogP contribution < -0.4 is 15.4 Å². The van der Waals surface area contributed by atoms with Crippen LogP contribution in [0.5, 0.6) is 5.75 Å². The third-order valence-corrected chi connectivity index (χ3v) is 7.31. The van der Waals surface area contributed by atoms with Crippen molar-refractivity contribution in [2.45, 2.75) is 51.5 Å². The van der Waals surface area contributed by atoms with Crippen LogP contribution in [0.3, 0.4) is 0 Å². The highest BCUT2D eigenvalue weighted by atomic mass is 16.5. The number of para-hydroxylation sites is 1. The van der Waals surface area contributed by atoms with Crippen molar-refractivity contribution in [3.63, 3.8) is 0 Å². The van der Waals surface area contributed by atoms with Gasteiger partial charge in [0.05, 0.1) is 17.2 Å². The molecule has 1 unspecified atom stereocenters. The number of rotatable bonds is 8. The van der Waals surface area contributed by atoms with Crippen LogP contribution >= 0.6 is 0 Å². The number of ether oxygens (including phenoxy) is 2. The number of carbonyl (C=O) groups excluding carboxylic acids is 2. The fraction of sp³-hybridized carbons (Fsp3) is 0.281. The number of benzene rings is 3. The normalized spacial score (nSPS) is 15.0. The second-order valence-electron chi connectivity index (χ2n) is 11.8. The molecule has 218 valence electrons. The first-order valence-electron chi connectivity index (χ1n) is 14.4. The first kappa shape index (κ1) is 28.2. The number of nitrogens with one attached hydrogen (secondary N) is 3. The molecule has 3 heterocycles. The summed E-state index contributed by atoms with van der Waals surface area (Å²) < 4.78 is 11.4. The lowest BCUT2D eigenvalue weighted by Crippen LogP contribution is -2.38. The zero-order valence-corrected chi connectivity index (χ0v) is 24.4. The standard InChI is InChI=1S/C32H33BN6O4/c1-32(2,3)43-31(41)33-14-13-23(17-33)35-28(40)19-42-24-8-6-7-20(16-24)29-37-27-10-5-4-9-25(27)30(38-29)36-22-11-12-26-21(15-22)18-34-39-26/h4-12,15-16,18,23H,13-14,17,19H2,1-3H3,(H,34,39)(H,35,40)(H,36,37,38). The molecule has 1 saturated heterocycles. The van der Waals surface area contributed by atoms with E-state index in [1.54, 1.807) is 12.3 Å². The van der Waals surface area contributed by atoms with Gasteiger partial charge >= 0.3 is 0 Å². The van der Waals surface area contributed by atoms with Gasteiger partial charge in [0, 0.05) is 28.1 Å². The van der Waals surface area contributed by atoms with Gasteiger partial charge in [-0.2, -0.15) is 5.10 Å². The van der Waals surface area contributed by atoms with Crippen molar-refractivity contribution in [3.05, 3.63) is 72.9 Å². The molecule has 3 aromatic carbocycles. The summed E-state index contributed by atoms with van der Waals surface area (Å²) >= 11 is 0. The van der Waals surface area contributed by atoms with E-state index in [9.17, 15) is 9.59 Å². The Kier molecular flexibility index (Phi) is 7.71. The van der Waals surface area contributed by atoms with Gasteiger partial charge in [-0.1, -0.05) is 30.6 Å². The number of aromatic nitrogens is 4. The van der Waals surface area contributed by atoms with Gasteiger partial charge in [0.15, 0.2) is 12.4 Å². The van der Waals surface area contributed by atoms with Crippen molar-refractivity contribution in [3.8, 4) is 17.1 Å². The summed E-state index contributed by atoms with van der Waals surface area (Å²) in [4.78, 5) is 34.7. The Morgan fingerprint density at radius 2 is 1.91 bits per heavy atom. The highest BCUT2D eigenvalue weighted by Crippen LogP contribution is 2.30. The van der Waals surface area contributed by atoms with Gasteiger partial charge in [-0.15, -0.1) is 0 Å². The lowest BCUT2D eigenvalue weighted by molar-refractivity contribution is -0.123. The summed E-state index contributed by atoms with van der Waals surface area (Å²) in [6.07, 6.45) is 3.78. The molecule has 11 heteroatoms. The zero-order valence-electron chi connectivity index (χ0n) is 24.4. The van der Waals surface area contributed by atoms with Crippen LogP contribution in [-0.2, 0) is 9.53 Å². The lowest BCUT2D eigenvalue weighted by Gasteiger charge is -2.21. The van der Waals surface area contributed by atoms with Crippen LogP contribution in [0.15, 0.2) is 72.9 Å². The number of carbonyl (C=O) groups is 2. The van der Waals surface area contributed by atoms with E-state index >= 15 is 0 Å². The first-order chi connectivity index (χ1) is 20.7.